The van der Waals surface area contributed by atoms with Crippen LogP contribution in [0, 0.1) is 6.92 Å². The van der Waals surface area contributed by atoms with Gasteiger partial charge in [-0.25, -0.2) is 0 Å². The highest BCUT2D eigenvalue weighted by molar-refractivity contribution is 5.03. The van der Waals surface area contributed by atoms with Gasteiger partial charge in [-0.3, -0.25) is 4.90 Å². The minimum Gasteiger partial charge on any atom is -0.374 e. The predicted molar refractivity (Wildman–Crippen MR) is 64.8 cm³/mol. The first-order chi connectivity index (χ1) is 8.13. The lowest BCUT2D eigenvalue weighted by Gasteiger charge is -2.33. The summed E-state index contributed by atoms with van der Waals surface area (Å²) in [6, 6.07) is 2.00. The normalized spacial score (nSPS) is 22.2. The number of hydrogen-bond acceptors (Lipinski definition) is 5. The zero-order valence-corrected chi connectivity index (χ0v) is 10.8. The van der Waals surface area contributed by atoms with Crippen molar-refractivity contribution in [3.05, 3.63) is 17.5 Å². The highest BCUT2D eigenvalue weighted by Gasteiger charge is 2.21. The summed E-state index contributed by atoms with van der Waals surface area (Å²) in [5.74, 6) is 0.873. The van der Waals surface area contributed by atoms with E-state index in [-0.39, 0.29) is 0 Å². The number of aromatic nitrogens is 1. The molecule has 96 valence electrons. The van der Waals surface area contributed by atoms with Crippen LogP contribution in [-0.4, -0.2) is 61.4 Å². The van der Waals surface area contributed by atoms with E-state index in [4.69, 9.17) is 9.26 Å². The van der Waals surface area contributed by atoms with E-state index in [9.17, 15) is 0 Å². The highest BCUT2D eigenvalue weighted by atomic mass is 16.5. The van der Waals surface area contributed by atoms with Crippen LogP contribution >= 0.6 is 0 Å². The Balaban J connectivity index is 1.85. The fourth-order valence-corrected chi connectivity index (χ4v) is 2.16. The van der Waals surface area contributed by atoms with Crippen LogP contribution < -0.4 is 0 Å². The first kappa shape index (κ1) is 12.5. The lowest BCUT2D eigenvalue weighted by atomic mass is 10.2. The molecule has 0 spiro atoms. The average molecular weight is 239 g/mol. The van der Waals surface area contributed by atoms with Crippen LogP contribution in [0.15, 0.2) is 10.6 Å². The summed E-state index contributed by atoms with van der Waals surface area (Å²) in [6.45, 7) is 6.47. The van der Waals surface area contributed by atoms with Gasteiger partial charge in [0.15, 0.2) is 0 Å². The van der Waals surface area contributed by atoms with Crippen LogP contribution in [0.5, 0.6) is 0 Å². The Morgan fingerprint density at radius 2 is 2.35 bits per heavy atom. The van der Waals surface area contributed by atoms with E-state index >= 15 is 0 Å². The molecule has 5 heteroatoms. The first-order valence-electron chi connectivity index (χ1n) is 6.04. The number of ether oxygens (including phenoxy) is 1. The molecule has 0 N–H and O–H groups in total. The Morgan fingerprint density at radius 1 is 1.53 bits per heavy atom. The molecular weight excluding hydrogens is 218 g/mol. The fraction of sp³-hybridized carbons (Fsp3) is 0.750. The third kappa shape index (κ3) is 3.80. The largest absolute Gasteiger partial charge is 0.374 e. The predicted octanol–water partition coefficient (Wildman–Crippen LogP) is 0.745. The summed E-state index contributed by atoms with van der Waals surface area (Å²) in [5, 5.41) is 4.03. The van der Waals surface area contributed by atoms with Gasteiger partial charge < -0.3 is 14.2 Å². The molecule has 0 amide bonds. The molecule has 0 saturated carbocycles. The monoisotopic (exact) mass is 239 g/mol. The molecule has 5 nitrogen and oxygen atoms in total. The van der Waals surface area contributed by atoms with Crippen LogP contribution in [0.4, 0.5) is 0 Å². The molecule has 1 atom stereocenters. The van der Waals surface area contributed by atoms with Crippen molar-refractivity contribution in [1.29, 1.82) is 0 Å². The third-order valence-electron chi connectivity index (χ3n) is 2.85. The zero-order valence-electron chi connectivity index (χ0n) is 10.8. The van der Waals surface area contributed by atoms with Gasteiger partial charge in [0, 0.05) is 32.2 Å². The lowest BCUT2D eigenvalue weighted by molar-refractivity contribution is -0.0411. The number of rotatable bonds is 4. The van der Waals surface area contributed by atoms with Gasteiger partial charge >= 0.3 is 0 Å². The maximum atomic E-state index is 5.73. The maximum Gasteiger partial charge on any atom is 0.133 e. The molecule has 1 aromatic rings. The molecule has 0 unspecified atom stereocenters. The standard InChI is InChI=1S/C12H21N3O2/c1-10-6-11(13-17-10)7-15-4-5-16-12(9-15)8-14(2)3/h6,12H,4-5,7-9H2,1-3H3/t12-/m0/s1. The molecule has 1 aromatic heterocycles. The number of likely N-dealkylation sites (N-methyl/N-ethyl adjacent to an activating group) is 1. The van der Waals surface area contributed by atoms with E-state index < -0.39 is 0 Å². The Labute approximate surface area is 102 Å². The number of hydrogen-bond donors (Lipinski definition) is 0. The molecule has 0 radical (unpaired) electrons. The van der Waals surface area contributed by atoms with Crippen LogP contribution in [0.25, 0.3) is 0 Å². The summed E-state index contributed by atoms with van der Waals surface area (Å²) in [5.41, 5.74) is 1.01. The summed E-state index contributed by atoms with van der Waals surface area (Å²) >= 11 is 0. The van der Waals surface area contributed by atoms with E-state index in [0.29, 0.717) is 6.10 Å². The van der Waals surface area contributed by atoms with Crippen molar-refractivity contribution in [2.45, 2.75) is 19.6 Å². The van der Waals surface area contributed by atoms with Gasteiger partial charge in [-0.15, -0.1) is 0 Å². The van der Waals surface area contributed by atoms with Crippen LogP contribution in [0.2, 0.25) is 0 Å². The lowest BCUT2D eigenvalue weighted by Crippen LogP contribution is -2.46. The summed E-state index contributed by atoms with van der Waals surface area (Å²) in [7, 11) is 4.15. The number of aryl methyl sites for hydroxylation is 1. The van der Waals surface area contributed by atoms with E-state index in [0.717, 1.165) is 44.2 Å². The Kier molecular flexibility index (Phi) is 4.15. The van der Waals surface area contributed by atoms with E-state index in [1.165, 1.54) is 0 Å². The summed E-state index contributed by atoms with van der Waals surface area (Å²) in [6.07, 6.45) is 0.298. The van der Waals surface area contributed by atoms with E-state index in [1.807, 2.05) is 13.0 Å². The fourth-order valence-electron chi connectivity index (χ4n) is 2.16. The summed E-state index contributed by atoms with van der Waals surface area (Å²) < 4.78 is 10.8. The van der Waals surface area contributed by atoms with Crippen molar-refractivity contribution in [3.8, 4) is 0 Å². The van der Waals surface area contributed by atoms with Crippen molar-refractivity contribution in [1.82, 2.24) is 15.0 Å². The molecule has 17 heavy (non-hydrogen) atoms. The maximum absolute atomic E-state index is 5.73. The number of nitrogens with zero attached hydrogens (tertiary/aromatic N) is 3. The van der Waals surface area contributed by atoms with Gasteiger partial charge in [0.05, 0.1) is 18.4 Å². The summed E-state index contributed by atoms with van der Waals surface area (Å²) in [4.78, 5) is 4.53. The minimum atomic E-state index is 0.298. The molecule has 0 bridgehead atoms. The molecular formula is C12H21N3O2. The van der Waals surface area contributed by atoms with Gasteiger partial charge in [-0.1, -0.05) is 5.16 Å². The first-order valence-corrected chi connectivity index (χ1v) is 6.04. The molecule has 0 aromatic carbocycles. The number of morpholine rings is 1. The molecule has 1 saturated heterocycles. The van der Waals surface area contributed by atoms with Gasteiger partial charge in [0.25, 0.3) is 0 Å². The second kappa shape index (κ2) is 5.62. The quantitative estimate of drug-likeness (QED) is 0.775. The zero-order chi connectivity index (χ0) is 12.3. The Morgan fingerprint density at radius 3 is 3.00 bits per heavy atom. The van der Waals surface area contributed by atoms with Crippen LogP contribution in [0.1, 0.15) is 11.5 Å². The SMILES string of the molecule is Cc1cc(CN2CCO[C@@H](CN(C)C)C2)no1. The minimum absolute atomic E-state index is 0.298. The Bertz CT molecular complexity index is 351. The van der Waals surface area contributed by atoms with E-state index in [1.54, 1.807) is 0 Å². The van der Waals surface area contributed by atoms with Crippen molar-refractivity contribution in [2.24, 2.45) is 0 Å². The average Bonchev–Trinajstić information content (AvgIpc) is 2.63. The molecule has 1 fully saturated rings. The van der Waals surface area contributed by atoms with Crippen molar-refractivity contribution in [3.63, 3.8) is 0 Å². The van der Waals surface area contributed by atoms with Gasteiger partial charge in [-0.05, 0) is 21.0 Å². The topological polar surface area (TPSA) is 41.7 Å². The van der Waals surface area contributed by atoms with Crippen molar-refractivity contribution >= 4 is 0 Å². The van der Waals surface area contributed by atoms with E-state index in [2.05, 4.69) is 29.1 Å². The second-order valence-electron chi connectivity index (χ2n) is 4.92. The third-order valence-corrected chi connectivity index (χ3v) is 2.85. The second-order valence-corrected chi connectivity index (χ2v) is 4.92. The van der Waals surface area contributed by atoms with Gasteiger partial charge in [0.1, 0.15) is 5.76 Å². The smallest absolute Gasteiger partial charge is 0.133 e. The van der Waals surface area contributed by atoms with Crippen LogP contribution in [-0.2, 0) is 11.3 Å². The van der Waals surface area contributed by atoms with Crippen LogP contribution in [0.3, 0.4) is 0 Å². The van der Waals surface area contributed by atoms with Crippen molar-refractivity contribution < 1.29 is 9.26 Å². The van der Waals surface area contributed by atoms with Crippen molar-refractivity contribution in [2.75, 3.05) is 40.3 Å². The molecule has 1 aliphatic rings. The molecule has 2 heterocycles. The Hall–Kier alpha value is -0.910. The highest BCUT2D eigenvalue weighted by Crippen LogP contribution is 2.11. The molecule has 1 aliphatic heterocycles. The molecule has 0 aliphatic carbocycles. The molecule has 2 rings (SSSR count). The van der Waals surface area contributed by atoms with Gasteiger partial charge in [0.2, 0.25) is 0 Å². The van der Waals surface area contributed by atoms with Gasteiger partial charge in [-0.2, -0.15) is 0 Å².